The second-order valence-corrected chi connectivity index (χ2v) is 2.74. The Morgan fingerprint density at radius 3 is 1.88 bits per heavy atom. The highest BCUT2D eigenvalue weighted by molar-refractivity contribution is 4.82. The summed E-state index contributed by atoms with van der Waals surface area (Å²) in [4.78, 5) is 2.56. The van der Waals surface area contributed by atoms with Crippen LogP contribution in [0.1, 0.15) is 12.8 Å². The van der Waals surface area contributed by atoms with Crippen molar-refractivity contribution in [3.05, 3.63) is 0 Å². The molecule has 0 atom stereocenters. The normalized spacial score (nSPS) is 42.0. The predicted octanol–water partition coefficient (Wildman–Crippen LogP) is 0.874. The summed E-state index contributed by atoms with van der Waals surface area (Å²) >= 11 is 0. The Morgan fingerprint density at radius 2 is 1.75 bits per heavy atom. The van der Waals surface area contributed by atoms with E-state index in [1.165, 1.54) is 32.5 Å². The lowest BCUT2D eigenvalue weighted by Crippen LogP contribution is -2.15. The smallest absolute Gasteiger partial charge is 0.00106 e. The molecule has 3 N–H and O–H groups in total. The topological polar surface area (TPSA) is 38.2 Å². The highest BCUT2D eigenvalue weighted by Gasteiger charge is 2.28. The molecule has 0 aromatic heterocycles. The third kappa shape index (κ3) is 0.740. The molecule has 2 rings (SSSR count). The van der Waals surface area contributed by atoms with Crippen molar-refractivity contribution in [2.45, 2.75) is 12.8 Å². The van der Waals surface area contributed by atoms with Gasteiger partial charge in [0.1, 0.15) is 0 Å². The average Bonchev–Trinajstić information content (AvgIpc) is 2.22. The van der Waals surface area contributed by atoms with Crippen LogP contribution in [-0.2, 0) is 0 Å². The van der Waals surface area contributed by atoms with E-state index >= 15 is 0 Å². The third-order valence-electron chi connectivity index (χ3n) is 2.22. The van der Waals surface area contributed by atoms with Gasteiger partial charge in [0.15, 0.2) is 0 Å². The zero-order chi connectivity index (χ0) is 4.69. The number of hydrogen-bond donors (Lipinski definition) is 1. The van der Waals surface area contributed by atoms with Crippen molar-refractivity contribution in [2.75, 3.05) is 19.6 Å². The lowest BCUT2D eigenvalue weighted by molar-refractivity contribution is 0.368. The molecule has 2 aliphatic rings. The van der Waals surface area contributed by atoms with E-state index in [2.05, 4.69) is 4.90 Å². The molecule has 0 aliphatic carbocycles. The van der Waals surface area contributed by atoms with Crippen molar-refractivity contribution in [3.63, 3.8) is 0 Å². The molecule has 2 fully saturated rings. The van der Waals surface area contributed by atoms with E-state index in [9.17, 15) is 0 Å². The Balaban J connectivity index is 0.000000320. The fourth-order valence-electron chi connectivity index (χ4n) is 1.72. The second-order valence-electron chi connectivity index (χ2n) is 2.74. The predicted molar refractivity (Wildman–Crippen MR) is 34.2 cm³/mol. The number of hydrogen-bond acceptors (Lipinski definition) is 2. The largest absolute Gasteiger partial charge is 0.344 e. The van der Waals surface area contributed by atoms with Gasteiger partial charge in [-0.15, -0.1) is 0 Å². The number of nitrogens with zero attached hydrogens (tertiary/aromatic N) is 1. The van der Waals surface area contributed by atoms with Crippen LogP contribution in [0.2, 0.25) is 0 Å². The molecule has 2 heteroatoms. The quantitative estimate of drug-likeness (QED) is 0.507. The first-order valence-electron chi connectivity index (χ1n) is 3.17. The van der Waals surface area contributed by atoms with Gasteiger partial charge >= 0.3 is 0 Å². The van der Waals surface area contributed by atoms with E-state index in [1.807, 2.05) is 0 Å². The Bertz CT molecular complexity index is 64.6. The Hall–Kier alpha value is -0.0800. The van der Waals surface area contributed by atoms with E-state index in [0.717, 1.165) is 5.92 Å². The highest BCUT2D eigenvalue weighted by Crippen LogP contribution is 2.26. The lowest BCUT2D eigenvalue weighted by atomic mass is 10.1. The van der Waals surface area contributed by atoms with Crippen LogP contribution in [0.4, 0.5) is 0 Å². The van der Waals surface area contributed by atoms with Gasteiger partial charge in [0.2, 0.25) is 0 Å². The van der Waals surface area contributed by atoms with Crippen LogP contribution >= 0.6 is 0 Å². The molecule has 0 aromatic rings. The fourth-order valence-corrected chi connectivity index (χ4v) is 1.72. The van der Waals surface area contributed by atoms with Crippen molar-refractivity contribution in [3.8, 4) is 0 Å². The summed E-state index contributed by atoms with van der Waals surface area (Å²) in [6, 6.07) is 0. The van der Waals surface area contributed by atoms with Crippen molar-refractivity contribution < 1.29 is 0 Å². The van der Waals surface area contributed by atoms with Crippen molar-refractivity contribution in [2.24, 2.45) is 5.92 Å². The summed E-state index contributed by atoms with van der Waals surface area (Å²) in [6.07, 6.45) is 2.97. The summed E-state index contributed by atoms with van der Waals surface area (Å²) in [6.45, 7) is 4.20. The maximum atomic E-state index is 2.56. The number of fused-ring (bicyclic) bond motifs is 2. The molecule has 0 saturated carbocycles. The summed E-state index contributed by atoms with van der Waals surface area (Å²) in [7, 11) is 0. The standard InChI is InChI=1S/C6H11N.H3N/c1-3-7-4-2-6(1)5-7;/h6H,1-5H2;1H3. The Kier molecular flexibility index (Phi) is 1.54. The Morgan fingerprint density at radius 1 is 1.12 bits per heavy atom. The molecule has 48 valence electrons. The monoisotopic (exact) mass is 114 g/mol. The molecule has 0 unspecified atom stereocenters. The summed E-state index contributed by atoms with van der Waals surface area (Å²) in [5.74, 6) is 1.10. The van der Waals surface area contributed by atoms with Gasteiger partial charge in [-0.1, -0.05) is 0 Å². The molecule has 2 nitrogen and oxygen atoms in total. The van der Waals surface area contributed by atoms with Gasteiger partial charge in [0.05, 0.1) is 0 Å². The van der Waals surface area contributed by atoms with Gasteiger partial charge in [-0.3, -0.25) is 0 Å². The van der Waals surface area contributed by atoms with E-state index in [4.69, 9.17) is 0 Å². The maximum absolute atomic E-state index is 2.56. The summed E-state index contributed by atoms with van der Waals surface area (Å²) in [5, 5.41) is 0. The van der Waals surface area contributed by atoms with Crippen molar-refractivity contribution in [1.29, 1.82) is 0 Å². The average molecular weight is 114 g/mol. The van der Waals surface area contributed by atoms with Gasteiger partial charge < -0.3 is 11.1 Å². The minimum atomic E-state index is 0. The van der Waals surface area contributed by atoms with Gasteiger partial charge in [-0.2, -0.15) is 0 Å². The van der Waals surface area contributed by atoms with E-state index in [1.54, 1.807) is 0 Å². The van der Waals surface area contributed by atoms with Crippen LogP contribution in [0.3, 0.4) is 0 Å². The first-order chi connectivity index (χ1) is 3.45. The van der Waals surface area contributed by atoms with E-state index in [-0.39, 0.29) is 6.15 Å². The minimum absolute atomic E-state index is 0. The van der Waals surface area contributed by atoms with Crippen LogP contribution < -0.4 is 6.15 Å². The Labute approximate surface area is 50.4 Å². The first-order valence-corrected chi connectivity index (χ1v) is 3.17. The van der Waals surface area contributed by atoms with E-state index < -0.39 is 0 Å². The van der Waals surface area contributed by atoms with Crippen LogP contribution in [-0.4, -0.2) is 24.5 Å². The second kappa shape index (κ2) is 2.03. The molecule has 2 bridgehead atoms. The molecule has 2 aliphatic heterocycles. The third-order valence-corrected chi connectivity index (χ3v) is 2.22. The minimum Gasteiger partial charge on any atom is -0.344 e. The summed E-state index contributed by atoms with van der Waals surface area (Å²) < 4.78 is 0. The number of piperidine rings is 1. The molecule has 8 heavy (non-hydrogen) atoms. The lowest BCUT2D eigenvalue weighted by Gasteiger charge is -2.09. The maximum Gasteiger partial charge on any atom is 0.00106 e. The summed E-state index contributed by atoms with van der Waals surface area (Å²) in [5.41, 5.74) is 0. The van der Waals surface area contributed by atoms with Gasteiger partial charge in [0.25, 0.3) is 0 Å². The van der Waals surface area contributed by atoms with Crippen LogP contribution in [0.25, 0.3) is 0 Å². The van der Waals surface area contributed by atoms with Gasteiger partial charge in [-0.25, -0.2) is 0 Å². The zero-order valence-corrected chi connectivity index (χ0v) is 5.27. The molecular formula is C6H14N2. The zero-order valence-electron chi connectivity index (χ0n) is 5.27. The van der Waals surface area contributed by atoms with Crippen LogP contribution in [0, 0.1) is 5.92 Å². The molecule has 2 saturated heterocycles. The molecule has 2 heterocycles. The van der Waals surface area contributed by atoms with Gasteiger partial charge in [0, 0.05) is 6.54 Å². The van der Waals surface area contributed by atoms with E-state index in [0.29, 0.717) is 0 Å². The molecule has 0 spiro atoms. The SMILES string of the molecule is C1CN2CCC1C2.N. The van der Waals surface area contributed by atoms with Gasteiger partial charge in [-0.05, 0) is 31.8 Å². The molecule has 0 radical (unpaired) electrons. The van der Waals surface area contributed by atoms with Crippen molar-refractivity contribution >= 4 is 0 Å². The molecule has 0 amide bonds. The fraction of sp³-hybridized carbons (Fsp3) is 1.00. The number of rotatable bonds is 0. The highest BCUT2D eigenvalue weighted by atomic mass is 15.2. The first kappa shape index (κ1) is 6.05. The molecular weight excluding hydrogens is 100 g/mol. The molecule has 0 aromatic carbocycles. The van der Waals surface area contributed by atoms with Crippen LogP contribution in [0.15, 0.2) is 0 Å². The van der Waals surface area contributed by atoms with Crippen LogP contribution in [0.5, 0.6) is 0 Å². The van der Waals surface area contributed by atoms with Crippen molar-refractivity contribution in [1.82, 2.24) is 11.1 Å².